The van der Waals surface area contributed by atoms with Crippen LogP contribution < -0.4 is 4.90 Å². The lowest BCUT2D eigenvalue weighted by Crippen LogP contribution is -2.16. The summed E-state index contributed by atoms with van der Waals surface area (Å²) in [6, 6.07) is 15.9. The summed E-state index contributed by atoms with van der Waals surface area (Å²) in [6.45, 7) is 0.538. The Morgan fingerprint density at radius 2 is 2.00 bits per heavy atom. The highest BCUT2D eigenvalue weighted by Gasteiger charge is 2.08. The maximum atomic E-state index is 10.7. The fraction of sp³-hybridized carbons (Fsp3) is 0.133. The van der Waals surface area contributed by atoms with Crippen molar-refractivity contribution in [3.63, 3.8) is 0 Å². The molecule has 0 aromatic heterocycles. The van der Waals surface area contributed by atoms with Gasteiger partial charge in [-0.15, -0.1) is 0 Å². The zero-order chi connectivity index (χ0) is 14.5. The quantitative estimate of drug-likeness (QED) is 0.630. The van der Waals surface area contributed by atoms with Crippen molar-refractivity contribution in [2.75, 3.05) is 11.9 Å². The lowest BCUT2D eigenvalue weighted by molar-refractivity contribution is -0.384. The zero-order valence-corrected chi connectivity index (χ0v) is 11.0. The minimum Gasteiger partial charge on any atom is -0.370 e. The molecule has 2 aromatic rings. The van der Waals surface area contributed by atoms with Gasteiger partial charge in [0.15, 0.2) is 0 Å². The Morgan fingerprint density at radius 1 is 1.25 bits per heavy atom. The van der Waals surface area contributed by atoms with Crippen LogP contribution in [0.1, 0.15) is 11.1 Å². The average Bonchev–Trinajstić information content (AvgIpc) is 2.47. The number of nitrogens with zero attached hydrogens (tertiary/aromatic N) is 3. The van der Waals surface area contributed by atoms with Crippen molar-refractivity contribution < 1.29 is 4.92 Å². The second kappa shape index (κ2) is 5.85. The molecule has 5 nitrogen and oxygen atoms in total. The predicted octanol–water partition coefficient (Wildman–Crippen LogP) is 3.10. The molecule has 0 aliphatic rings. The molecular weight excluding hydrogens is 254 g/mol. The molecule has 0 unspecified atom stereocenters. The number of hydrogen-bond acceptors (Lipinski definition) is 4. The van der Waals surface area contributed by atoms with Gasteiger partial charge in [0, 0.05) is 31.4 Å². The monoisotopic (exact) mass is 267 g/mol. The van der Waals surface area contributed by atoms with E-state index in [4.69, 9.17) is 5.26 Å². The Kier molecular flexibility index (Phi) is 3.96. The van der Waals surface area contributed by atoms with Crippen LogP contribution in [-0.4, -0.2) is 12.0 Å². The lowest BCUT2D eigenvalue weighted by atomic mass is 10.1. The van der Waals surface area contributed by atoms with Gasteiger partial charge in [-0.1, -0.05) is 18.2 Å². The molecule has 2 aromatic carbocycles. The SMILES string of the molecule is CN(Cc1cccc([N+](=O)[O-])c1)c1cccc(C#N)c1. The third-order valence-electron chi connectivity index (χ3n) is 2.96. The van der Waals surface area contributed by atoms with E-state index in [9.17, 15) is 10.1 Å². The molecule has 0 atom stereocenters. The van der Waals surface area contributed by atoms with E-state index in [2.05, 4.69) is 6.07 Å². The molecule has 5 heteroatoms. The lowest BCUT2D eigenvalue weighted by Gasteiger charge is -2.19. The van der Waals surface area contributed by atoms with Gasteiger partial charge in [0.2, 0.25) is 0 Å². The van der Waals surface area contributed by atoms with Crippen LogP contribution >= 0.6 is 0 Å². The summed E-state index contributed by atoms with van der Waals surface area (Å²) in [5, 5.41) is 19.6. The van der Waals surface area contributed by atoms with Crippen molar-refractivity contribution in [1.29, 1.82) is 5.26 Å². The van der Waals surface area contributed by atoms with Crippen molar-refractivity contribution >= 4 is 11.4 Å². The molecule has 20 heavy (non-hydrogen) atoms. The van der Waals surface area contributed by atoms with Gasteiger partial charge in [-0.3, -0.25) is 10.1 Å². The first-order valence-electron chi connectivity index (χ1n) is 6.05. The summed E-state index contributed by atoms with van der Waals surface area (Å²) < 4.78 is 0. The van der Waals surface area contributed by atoms with Gasteiger partial charge >= 0.3 is 0 Å². The molecule has 0 N–H and O–H groups in total. The smallest absolute Gasteiger partial charge is 0.269 e. The molecule has 0 saturated heterocycles. The standard InChI is InChI=1S/C15H13N3O2/c1-17(14-6-2-4-12(8-14)10-16)11-13-5-3-7-15(9-13)18(19)20/h2-9H,11H2,1H3. The molecule has 0 radical (unpaired) electrons. The van der Waals surface area contributed by atoms with E-state index in [-0.39, 0.29) is 5.69 Å². The van der Waals surface area contributed by atoms with Crippen LogP contribution in [0.25, 0.3) is 0 Å². The van der Waals surface area contributed by atoms with Gasteiger partial charge in [-0.05, 0) is 23.8 Å². The third kappa shape index (κ3) is 3.12. The predicted molar refractivity (Wildman–Crippen MR) is 76.4 cm³/mol. The van der Waals surface area contributed by atoms with Gasteiger partial charge in [-0.2, -0.15) is 5.26 Å². The van der Waals surface area contributed by atoms with Crippen molar-refractivity contribution in [3.8, 4) is 6.07 Å². The van der Waals surface area contributed by atoms with Gasteiger partial charge in [0.05, 0.1) is 16.6 Å². The Labute approximate surface area is 116 Å². The first kappa shape index (κ1) is 13.6. The molecule has 0 spiro atoms. The minimum absolute atomic E-state index is 0.0849. The van der Waals surface area contributed by atoms with E-state index in [1.165, 1.54) is 6.07 Å². The van der Waals surface area contributed by atoms with Crippen LogP contribution in [0, 0.1) is 21.4 Å². The normalized spacial score (nSPS) is 9.80. The number of benzene rings is 2. The van der Waals surface area contributed by atoms with Crippen molar-refractivity contribution in [1.82, 2.24) is 0 Å². The summed E-state index contributed by atoms with van der Waals surface area (Å²) >= 11 is 0. The van der Waals surface area contributed by atoms with E-state index in [1.54, 1.807) is 24.3 Å². The Bertz CT molecular complexity index is 677. The molecule has 100 valence electrons. The second-order valence-electron chi connectivity index (χ2n) is 4.45. The maximum absolute atomic E-state index is 10.7. The van der Waals surface area contributed by atoms with Gasteiger partial charge in [0.25, 0.3) is 5.69 Å². The molecule has 0 aliphatic heterocycles. The van der Waals surface area contributed by atoms with Gasteiger partial charge < -0.3 is 4.90 Å². The minimum atomic E-state index is -0.403. The summed E-state index contributed by atoms with van der Waals surface area (Å²) in [4.78, 5) is 12.3. The molecule has 0 fully saturated rings. The number of hydrogen-bond donors (Lipinski definition) is 0. The van der Waals surface area contributed by atoms with E-state index in [1.807, 2.05) is 30.1 Å². The Morgan fingerprint density at radius 3 is 2.70 bits per heavy atom. The number of nitriles is 1. The third-order valence-corrected chi connectivity index (χ3v) is 2.96. The number of anilines is 1. The molecule has 2 rings (SSSR count). The first-order chi connectivity index (χ1) is 9.60. The second-order valence-corrected chi connectivity index (χ2v) is 4.45. The highest BCUT2D eigenvalue weighted by atomic mass is 16.6. The summed E-state index contributed by atoms with van der Waals surface area (Å²) in [5.74, 6) is 0. The Hall–Kier alpha value is -2.87. The largest absolute Gasteiger partial charge is 0.370 e. The first-order valence-corrected chi connectivity index (χ1v) is 6.05. The van der Waals surface area contributed by atoms with Crippen LogP contribution in [0.3, 0.4) is 0 Å². The van der Waals surface area contributed by atoms with Crippen molar-refractivity contribution in [3.05, 3.63) is 69.8 Å². The van der Waals surface area contributed by atoms with Crippen molar-refractivity contribution in [2.24, 2.45) is 0 Å². The number of non-ortho nitro benzene ring substituents is 1. The number of nitro benzene ring substituents is 1. The highest BCUT2D eigenvalue weighted by Crippen LogP contribution is 2.19. The molecule has 0 amide bonds. The van der Waals surface area contributed by atoms with E-state index in [0.717, 1.165) is 11.3 Å². The average molecular weight is 267 g/mol. The maximum Gasteiger partial charge on any atom is 0.269 e. The molecule has 0 aliphatic carbocycles. The number of rotatable bonds is 4. The zero-order valence-electron chi connectivity index (χ0n) is 11.0. The van der Waals surface area contributed by atoms with Crippen molar-refractivity contribution in [2.45, 2.75) is 6.54 Å². The summed E-state index contributed by atoms with van der Waals surface area (Å²) in [7, 11) is 1.88. The van der Waals surface area contributed by atoms with E-state index in [0.29, 0.717) is 12.1 Å². The van der Waals surface area contributed by atoms with E-state index < -0.39 is 4.92 Å². The molecule has 0 saturated carbocycles. The Balaban J connectivity index is 2.19. The van der Waals surface area contributed by atoms with Crippen LogP contribution in [0.5, 0.6) is 0 Å². The van der Waals surface area contributed by atoms with Crippen LogP contribution in [-0.2, 0) is 6.54 Å². The van der Waals surface area contributed by atoms with Crippen LogP contribution in [0.15, 0.2) is 48.5 Å². The summed E-state index contributed by atoms with van der Waals surface area (Å²) in [5.41, 5.74) is 2.43. The molecule has 0 bridgehead atoms. The topological polar surface area (TPSA) is 70.2 Å². The van der Waals surface area contributed by atoms with Gasteiger partial charge in [-0.25, -0.2) is 0 Å². The molecule has 0 heterocycles. The van der Waals surface area contributed by atoms with E-state index >= 15 is 0 Å². The van der Waals surface area contributed by atoms with Crippen LogP contribution in [0.4, 0.5) is 11.4 Å². The van der Waals surface area contributed by atoms with Crippen LogP contribution in [0.2, 0.25) is 0 Å². The highest BCUT2D eigenvalue weighted by molar-refractivity contribution is 5.51. The van der Waals surface area contributed by atoms with Gasteiger partial charge in [0.1, 0.15) is 0 Å². The number of nitro groups is 1. The molecular formula is C15H13N3O2. The summed E-state index contributed by atoms with van der Waals surface area (Å²) in [6.07, 6.45) is 0. The fourth-order valence-corrected chi connectivity index (χ4v) is 1.95. The fourth-order valence-electron chi connectivity index (χ4n) is 1.95.